The lowest BCUT2D eigenvalue weighted by molar-refractivity contribution is 0.122. The summed E-state index contributed by atoms with van der Waals surface area (Å²) in [7, 11) is 1.97. The van der Waals surface area contributed by atoms with E-state index in [-0.39, 0.29) is 6.10 Å². The van der Waals surface area contributed by atoms with Crippen LogP contribution in [0.15, 0.2) is 24.3 Å². The quantitative estimate of drug-likeness (QED) is 0.892. The molecule has 3 nitrogen and oxygen atoms in total. The summed E-state index contributed by atoms with van der Waals surface area (Å²) in [6.07, 6.45) is 1.18. The van der Waals surface area contributed by atoms with Gasteiger partial charge in [-0.05, 0) is 38.6 Å². The lowest BCUT2D eigenvalue weighted by atomic mass is 9.95. The molecule has 3 atom stereocenters. The highest BCUT2D eigenvalue weighted by Crippen LogP contribution is 2.23. The predicted molar refractivity (Wildman–Crippen MR) is 73.3 cm³/mol. The van der Waals surface area contributed by atoms with E-state index in [9.17, 15) is 0 Å². The Morgan fingerprint density at radius 2 is 2.33 bits per heavy atom. The van der Waals surface area contributed by atoms with Gasteiger partial charge in [-0.25, -0.2) is 0 Å². The van der Waals surface area contributed by atoms with Crippen molar-refractivity contribution in [1.82, 2.24) is 5.32 Å². The first-order chi connectivity index (χ1) is 8.70. The van der Waals surface area contributed by atoms with E-state index >= 15 is 0 Å². The average Bonchev–Trinajstić information content (AvgIpc) is 2.83. The molecule has 1 aromatic rings. The van der Waals surface area contributed by atoms with Crippen molar-refractivity contribution in [3.05, 3.63) is 29.3 Å². The van der Waals surface area contributed by atoms with Crippen molar-refractivity contribution in [3.8, 4) is 5.75 Å². The van der Waals surface area contributed by atoms with Crippen LogP contribution in [0.3, 0.4) is 0 Å². The third-order valence-electron chi connectivity index (χ3n) is 3.43. The molecule has 4 heteroatoms. The third-order valence-corrected chi connectivity index (χ3v) is 3.66. The number of ether oxygens (including phenoxy) is 2. The summed E-state index contributed by atoms with van der Waals surface area (Å²) in [4.78, 5) is 0. The molecule has 0 aliphatic carbocycles. The minimum absolute atomic E-state index is 0.0835. The van der Waals surface area contributed by atoms with Gasteiger partial charge in [0.1, 0.15) is 11.9 Å². The monoisotopic (exact) mass is 269 g/mol. The van der Waals surface area contributed by atoms with Gasteiger partial charge in [-0.3, -0.25) is 0 Å². The molecule has 18 heavy (non-hydrogen) atoms. The molecule has 1 aliphatic rings. The first-order valence-electron chi connectivity index (χ1n) is 6.38. The zero-order valence-corrected chi connectivity index (χ0v) is 11.6. The second-order valence-corrected chi connectivity index (χ2v) is 5.15. The summed E-state index contributed by atoms with van der Waals surface area (Å²) in [6.45, 7) is 3.75. The largest absolute Gasteiger partial charge is 0.489 e. The smallest absolute Gasteiger partial charge is 0.121 e. The van der Waals surface area contributed by atoms with Crippen LogP contribution in [0.1, 0.15) is 13.3 Å². The molecule has 2 rings (SSSR count). The fourth-order valence-corrected chi connectivity index (χ4v) is 2.70. The number of rotatable bonds is 5. The predicted octanol–water partition coefficient (Wildman–Crippen LogP) is 2.73. The Kier molecular flexibility index (Phi) is 4.87. The highest BCUT2D eigenvalue weighted by molar-refractivity contribution is 6.30. The first-order valence-corrected chi connectivity index (χ1v) is 6.75. The third kappa shape index (κ3) is 3.37. The fraction of sp³-hybridized carbons (Fsp3) is 0.571. The van der Waals surface area contributed by atoms with Gasteiger partial charge in [-0.2, -0.15) is 0 Å². The Morgan fingerprint density at radius 3 is 2.94 bits per heavy atom. The maximum absolute atomic E-state index is 5.96. The van der Waals surface area contributed by atoms with Gasteiger partial charge in [-0.15, -0.1) is 0 Å². The van der Waals surface area contributed by atoms with E-state index in [4.69, 9.17) is 21.1 Å². The van der Waals surface area contributed by atoms with Crippen LogP contribution < -0.4 is 10.1 Å². The fourth-order valence-electron chi connectivity index (χ4n) is 2.52. The molecule has 1 heterocycles. The summed E-state index contributed by atoms with van der Waals surface area (Å²) < 4.78 is 11.4. The Balaban J connectivity index is 1.98. The van der Waals surface area contributed by atoms with Crippen LogP contribution in [0.25, 0.3) is 0 Å². The zero-order chi connectivity index (χ0) is 13.0. The van der Waals surface area contributed by atoms with E-state index in [1.54, 1.807) is 0 Å². The number of benzene rings is 1. The standard InChI is InChI=1S/C14H20ClNO2/c1-10(14(16-2)11-6-7-17-9-11)18-13-5-3-4-12(15)8-13/h3-5,8,10-11,14,16H,6-7,9H2,1-2H3. The van der Waals surface area contributed by atoms with Crippen LogP contribution >= 0.6 is 11.6 Å². The van der Waals surface area contributed by atoms with Gasteiger partial charge in [0.25, 0.3) is 0 Å². The van der Waals surface area contributed by atoms with Gasteiger partial charge in [-0.1, -0.05) is 17.7 Å². The molecule has 0 amide bonds. The normalized spacial score (nSPS) is 22.7. The Labute approximate surface area is 113 Å². The average molecular weight is 270 g/mol. The highest BCUT2D eigenvalue weighted by Gasteiger charge is 2.29. The molecule has 100 valence electrons. The van der Waals surface area contributed by atoms with Crippen LogP contribution in [0.5, 0.6) is 5.75 Å². The Bertz CT molecular complexity index is 380. The van der Waals surface area contributed by atoms with Crippen molar-refractivity contribution in [2.75, 3.05) is 20.3 Å². The summed E-state index contributed by atoms with van der Waals surface area (Å²) in [6, 6.07) is 7.82. The van der Waals surface area contributed by atoms with Gasteiger partial charge in [0.2, 0.25) is 0 Å². The van der Waals surface area contributed by atoms with Crippen molar-refractivity contribution >= 4 is 11.6 Å². The SMILES string of the molecule is CNC(C1CCOC1)C(C)Oc1cccc(Cl)c1. The van der Waals surface area contributed by atoms with Crippen molar-refractivity contribution in [1.29, 1.82) is 0 Å². The second kappa shape index (κ2) is 6.41. The van der Waals surface area contributed by atoms with Crippen molar-refractivity contribution in [3.63, 3.8) is 0 Å². The highest BCUT2D eigenvalue weighted by atomic mass is 35.5. The Morgan fingerprint density at radius 1 is 1.50 bits per heavy atom. The maximum Gasteiger partial charge on any atom is 0.121 e. The second-order valence-electron chi connectivity index (χ2n) is 4.72. The van der Waals surface area contributed by atoms with Crippen molar-refractivity contribution < 1.29 is 9.47 Å². The summed E-state index contributed by atoms with van der Waals surface area (Å²) in [5.74, 6) is 1.33. The molecule has 1 aromatic carbocycles. The van der Waals surface area contributed by atoms with Crippen molar-refractivity contribution in [2.24, 2.45) is 5.92 Å². The van der Waals surface area contributed by atoms with Gasteiger partial charge in [0.15, 0.2) is 0 Å². The molecule has 1 fully saturated rings. The summed E-state index contributed by atoms with van der Waals surface area (Å²) in [5, 5.41) is 4.04. The van der Waals surface area contributed by atoms with Crippen LogP contribution in [-0.2, 0) is 4.74 Å². The number of hydrogen-bond donors (Lipinski definition) is 1. The number of likely N-dealkylation sites (N-methyl/N-ethyl adjacent to an activating group) is 1. The molecule has 1 saturated heterocycles. The molecule has 0 aromatic heterocycles. The van der Waals surface area contributed by atoms with E-state index < -0.39 is 0 Å². The maximum atomic E-state index is 5.96. The summed E-state index contributed by atoms with van der Waals surface area (Å²) >= 11 is 5.95. The van der Waals surface area contributed by atoms with Crippen LogP contribution in [0.2, 0.25) is 5.02 Å². The minimum atomic E-state index is 0.0835. The zero-order valence-electron chi connectivity index (χ0n) is 10.9. The van der Waals surface area contributed by atoms with E-state index in [2.05, 4.69) is 12.2 Å². The molecule has 3 unspecified atom stereocenters. The Hall–Kier alpha value is -0.770. The van der Waals surface area contributed by atoms with Gasteiger partial charge < -0.3 is 14.8 Å². The summed E-state index contributed by atoms with van der Waals surface area (Å²) in [5.41, 5.74) is 0. The molecular formula is C14H20ClNO2. The lowest BCUT2D eigenvalue weighted by Gasteiger charge is -2.28. The van der Waals surface area contributed by atoms with Crippen LogP contribution in [0, 0.1) is 5.92 Å². The molecule has 0 radical (unpaired) electrons. The van der Waals surface area contributed by atoms with Crippen molar-refractivity contribution in [2.45, 2.75) is 25.5 Å². The molecule has 0 saturated carbocycles. The van der Waals surface area contributed by atoms with Gasteiger partial charge in [0.05, 0.1) is 6.61 Å². The van der Waals surface area contributed by atoms with Gasteiger partial charge >= 0.3 is 0 Å². The minimum Gasteiger partial charge on any atom is -0.489 e. The first kappa shape index (κ1) is 13.7. The topological polar surface area (TPSA) is 30.5 Å². The number of hydrogen-bond acceptors (Lipinski definition) is 3. The molecule has 0 bridgehead atoms. The number of halogens is 1. The molecule has 0 spiro atoms. The number of nitrogens with one attached hydrogen (secondary N) is 1. The van der Waals surface area contributed by atoms with E-state index in [1.807, 2.05) is 31.3 Å². The van der Waals surface area contributed by atoms with Crippen LogP contribution in [-0.4, -0.2) is 32.4 Å². The molecule has 1 aliphatic heterocycles. The van der Waals surface area contributed by atoms with E-state index in [0.717, 1.165) is 25.4 Å². The molecule has 1 N–H and O–H groups in total. The van der Waals surface area contributed by atoms with E-state index in [0.29, 0.717) is 17.0 Å². The molecular weight excluding hydrogens is 250 g/mol. The van der Waals surface area contributed by atoms with E-state index in [1.165, 1.54) is 0 Å². The van der Waals surface area contributed by atoms with Crippen LogP contribution in [0.4, 0.5) is 0 Å². The lowest BCUT2D eigenvalue weighted by Crippen LogP contribution is -2.45. The van der Waals surface area contributed by atoms with Gasteiger partial charge in [0, 0.05) is 23.6 Å².